The normalized spacial score (nSPS) is 21.4. The van der Waals surface area contributed by atoms with Gasteiger partial charge in [-0.05, 0) is 35.2 Å². The monoisotopic (exact) mass is 281 g/mol. The third-order valence-electron chi connectivity index (χ3n) is 2.91. The summed E-state index contributed by atoms with van der Waals surface area (Å²) in [6.07, 6.45) is 8.99. The number of imidazole rings is 1. The molecule has 0 aromatic carbocycles. The predicted octanol–water partition coefficient (Wildman–Crippen LogP) is 2.89. The third kappa shape index (κ3) is 1.64. The van der Waals surface area contributed by atoms with E-state index >= 15 is 0 Å². The van der Waals surface area contributed by atoms with Crippen LogP contribution in [-0.2, 0) is 4.74 Å². The number of pyridine rings is 1. The van der Waals surface area contributed by atoms with Crippen LogP contribution in [0.1, 0.15) is 25.5 Å². The summed E-state index contributed by atoms with van der Waals surface area (Å²) in [4.78, 5) is 8.57. The Labute approximate surface area is 102 Å². The second kappa shape index (κ2) is 4.14. The van der Waals surface area contributed by atoms with E-state index in [0.29, 0.717) is 0 Å². The Morgan fingerprint density at radius 1 is 1.38 bits per heavy atom. The Kier molecular flexibility index (Phi) is 2.65. The Morgan fingerprint density at radius 3 is 3.12 bits per heavy atom. The van der Waals surface area contributed by atoms with E-state index in [4.69, 9.17) is 4.74 Å². The van der Waals surface area contributed by atoms with Gasteiger partial charge < -0.3 is 9.30 Å². The van der Waals surface area contributed by atoms with Gasteiger partial charge in [-0.2, -0.15) is 0 Å². The Balaban J connectivity index is 2.06. The van der Waals surface area contributed by atoms with Gasteiger partial charge in [0.05, 0.1) is 22.5 Å². The van der Waals surface area contributed by atoms with E-state index in [2.05, 4.69) is 30.5 Å². The highest BCUT2D eigenvalue weighted by Crippen LogP contribution is 2.28. The summed E-state index contributed by atoms with van der Waals surface area (Å²) in [6.45, 7) is 0.839. The van der Waals surface area contributed by atoms with Gasteiger partial charge in [-0.1, -0.05) is 0 Å². The molecular formula is C11H12BrN3O. The fourth-order valence-corrected chi connectivity index (χ4v) is 2.51. The fraction of sp³-hybridized carbons (Fsp3) is 0.455. The van der Waals surface area contributed by atoms with E-state index in [9.17, 15) is 0 Å². The molecule has 16 heavy (non-hydrogen) atoms. The molecular weight excluding hydrogens is 270 g/mol. The van der Waals surface area contributed by atoms with Gasteiger partial charge in [0.1, 0.15) is 11.7 Å². The predicted molar refractivity (Wildman–Crippen MR) is 64.1 cm³/mol. The number of fused-ring (bicyclic) bond motifs is 1. The molecule has 0 radical (unpaired) electrons. The molecule has 0 aliphatic carbocycles. The van der Waals surface area contributed by atoms with Crippen molar-refractivity contribution >= 4 is 27.0 Å². The molecule has 0 amide bonds. The van der Waals surface area contributed by atoms with Gasteiger partial charge >= 0.3 is 0 Å². The van der Waals surface area contributed by atoms with Gasteiger partial charge in [-0.25, -0.2) is 4.98 Å². The van der Waals surface area contributed by atoms with Crippen molar-refractivity contribution in [2.45, 2.75) is 25.5 Å². The zero-order valence-corrected chi connectivity index (χ0v) is 10.4. The zero-order chi connectivity index (χ0) is 11.0. The van der Waals surface area contributed by atoms with Crippen molar-refractivity contribution in [2.24, 2.45) is 0 Å². The summed E-state index contributed by atoms with van der Waals surface area (Å²) >= 11 is 3.46. The van der Waals surface area contributed by atoms with Crippen molar-refractivity contribution in [1.29, 1.82) is 0 Å². The van der Waals surface area contributed by atoms with E-state index in [1.165, 1.54) is 6.42 Å². The van der Waals surface area contributed by atoms with Gasteiger partial charge in [-0.3, -0.25) is 4.98 Å². The number of halogens is 1. The SMILES string of the molecule is Brc1cncc2c1ncn2C1CCCCO1. The lowest BCUT2D eigenvalue weighted by Crippen LogP contribution is -2.17. The van der Waals surface area contributed by atoms with Gasteiger partial charge in [0.2, 0.25) is 0 Å². The maximum absolute atomic E-state index is 5.75. The molecule has 0 spiro atoms. The summed E-state index contributed by atoms with van der Waals surface area (Å²) in [7, 11) is 0. The number of aromatic nitrogens is 3. The molecule has 1 atom stereocenters. The molecule has 3 heterocycles. The molecule has 1 aliphatic rings. The van der Waals surface area contributed by atoms with Crippen molar-refractivity contribution < 1.29 is 4.74 Å². The molecule has 0 bridgehead atoms. The first-order valence-electron chi connectivity index (χ1n) is 5.44. The molecule has 3 rings (SSSR count). The smallest absolute Gasteiger partial charge is 0.135 e. The van der Waals surface area contributed by atoms with Crippen LogP contribution in [0.25, 0.3) is 11.0 Å². The first-order chi connectivity index (χ1) is 7.86. The van der Waals surface area contributed by atoms with Crippen molar-refractivity contribution in [3.8, 4) is 0 Å². The summed E-state index contributed by atoms with van der Waals surface area (Å²) in [6, 6.07) is 0. The van der Waals surface area contributed by atoms with Gasteiger partial charge in [0.25, 0.3) is 0 Å². The minimum atomic E-state index is 0.120. The molecule has 0 saturated carbocycles. The maximum atomic E-state index is 5.75. The standard InChI is InChI=1S/C11H12BrN3O/c12-8-5-13-6-9-11(8)14-7-15(9)10-3-1-2-4-16-10/h5-7,10H,1-4H2. The molecule has 2 aromatic heterocycles. The van der Waals surface area contributed by atoms with Crippen molar-refractivity contribution in [3.05, 3.63) is 23.2 Å². The fourth-order valence-electron chi connectivity index (χ4n) is 2.09. The van der Waals surface area contributed by atoms with Crippen LogP contribution < -0.4 is 0 Å². The van der Waals surface area contributed by atoms with Crippen LogP contribution >= 0.6 is 15.9 Å². The summed E-state index contributed by atoms with van der Waals surface area (Å²) in [5.74, 6) is 0. The van der Waals surface area contributed by atoms with Crippen molar-refractivity contribution in [3.63, 3.8) is 0 Å². The van der Waals surface area contributed by atoms with Crippen LogP contribution in [0.2, 0.25) is 0 Å². The lowest BCUT2D eigenvalue weighted by molar-refractivity contribution is -0.0295. The van der Waals surface area contributed by atoms with Crippen molar-refractivity contribution in [2.75, 3.05) is 6.61 Å². The van der Waals surface area contributed by atoms with Crippen LogP contribution in [0.4, 0.5) is 0 Å². The molecule has 84 valence electrons. The maximum Gasteiger partial charge on any atom is 0.135 e. The quantitative estimate of drug-likeness (QED) is 0.807. The lowest BCUT2D eigenvalue weighted by Gasteiger charge is -2.24. The first kappa shape index (κ1) is 10.2. The topological polar surface area (TPSA) is 39.9 Å². The first-order valence-corrected chi connectivity index (χ1v) is 6.23. The van der Waals surface area contributed by atoms with Crippen LogP contribution in [-0.4, -0.2) is 21.1 Å². The van der Waals surface area contributed by atoms with Crippen LogP contribution in [0.3, 0.4) is 0 Å². The zero-order valence-electron chi connectivity index (χ0n) is 8.77. The molecule has 1 aliphatic heterocycles. The van der Waals surface area contributed by atoms with Gasteiger partial charge in [-0.15, -0.1) is 0 Å². The van der Waals surface area contributed by atoms with Crippen molar-refractivity contribution in [1.82, 2.24) is 14.5 Å². The van der Waals surface area contributed by atoms with Gasteiger partial charge in [0.15, 0.2) is 0 Å². The van der Waals surface area contributed by atoms with Crippen LogP contribution in [0.15, 0.2) is 23.2 Å². The molecule has 1 unspecified atom stereocenters. The number of hydrogen-bond acceptors (Lipinski definition) is 3. The Hall–Kier alpha value is -0.940. The number of nitrogens with zero attached hydrogens (tertiary/aromatic N) is 3. The number of ether oxygens (including phenoxy) is 1. The Bertz CT molecular complexity index is 505. The minimum absolute atomic E-state index is 0.120. The summed E-state index contributed by atoms with van der Waals surface area (Å²) in [5, 5.41) is 0. The second-order valence-corrected chi connectivity index (χ2v) is 4.82. The minimum Gasteiger partial charge on any atom is -0.358 e. The largest absolute Gasteiger partial charge is 0.358 e. The number of hydrogen-bond donors (Lipinski definition) is 0. The summed E-state index contributed by atoms with van der Waals surface area (Å²) in [5.41, 5.74) is 1.98. The van der Waals surface area contributed by atoms with E-state index in [-0.39, 0.29) is 6.23 Å². The molecule has 4 nitrogen and oxygen atoms in total. The summed E-state index contributed by atoms with van der Waals surface area (Å²) < 4.78 is 8.76. The van der Waals surface area contributed by atoms with E-state index in [0.717, 1.165) is 35.0 Å². The average molecular weight is 282 g/mol. The Morgan fingerprint density at radius 2 is 2.31 bits per heavy atom. The number of rotatable bonds is 1. The average Bonchev–Trinajstić information content (AvgIpc) is 2.75. The van der Waals surface area contributed by atoms with E-state index in [1.54, 1.807) is 6.20 Å². The second-order valence-electron chi connectivity index (χ2n) is 3.96. The third-order valence-corrected chi connectivity index (χ3v) is 3.49. The highest BCUT2D eigenvalue weighted by molar-refractivity contribution is 9.10. The molecule has 1 saturated heterocycles. The van der Waals surface area contributed by atoms with Crippen LogP contribution in [0.5, 0.6) is 0 Å². The molecule has 2 aromatic rings. The van der Waals surface area contributed by atoms with E-state index in [1.807, 2.05) is 12.5 Å². The molecule has 1 fully saturated rings. The van der Waals surface area contributed by atoms with E-state index < -0.39 is 0 Å². The lowest BCUT2D eigenvalue weighted by atomic mass is 10.2. The molecule has 5 heteroatoms. The molecule has 0 N–H and O–H groups in total. The highest BCUT2D eigenvalue weighted by Gasteiger charge is 2.18. The van der Waals surface area contributed by atoms with Gasteiger partial charge in [0, 0.05) is 12.8 Å². The van der Waals surface area contributed by atoms with Crippen LogP contribution in [0, 0.1) is 0 Å². The highest BCUT2D eigenvalue weighted by atomic mass is 79.9.